The molecule has 0 radical (unpaired) electrons. The molecular weight excluding hydrogens is 260 g/mol. The number of rotatable bonds is 4. The summed E-state index contributed by atoms with van der Waals surface area (Å²) in [4.78, 5) is 34.1. The third-order valence-electron chi connectivity index (χ3n) is 2.50. The summed E-state index contributed by atoms with van der Waals surface area (Å²) in [6, 6.07) is 7.97. The van der Waals surface area contributed by atoms with E-state index in [1.807, 2.05) is 30.3 Å². The first-order valence-electron chi connectivity index (χ1n) is 6.11. The molecule has 1 aromatic carbocycles. The van der Waals surface area contributed by atoms with E-state index in [0.29, 0.717) is 6.42 Å². The predicted octanol–water partition coefficient (Wildman–Crippen LogP) is -0.306. The molecule has 0 saturated heterocycles. The smallest absolute Gasteiger partial charge is 0.333 e. The molecule has 1 aromatic rings. The van der Waals surface area contributed by atoms with Gasteiger partial charge in [-0.25, -0.2) is 10.2 Å². The molecule has 7 nitrogen and oxygen atoms in total. The lowest BCUT2D eigenvalue weighted by Crippen LogP contribution is -2.54. The number of carbonyl (C=O) groups excluding carboxylic acids is 3. The van der Waals surface area contributed by atoms with Gasteiger partial charge in [0.1, 0.15) is 6.04 Å². The average molecular weight is 278 g/mol. The summed E-state index contributed by atoms with van der Waals surface area (Å²) < 4.78 is 0. The normalized spacial score (nSPS) is 11.1. The van der Waals surface area contributed by atoms with Gasteiger partial charge in [0.25, 0.3) is 5.91 Å². The summed E-state index contributed by atoms with van der Waals surface area (Å²) in [5.74, 6) is -0.811. The molecule has 0 heterocycles. The van der Waals surface area contributed by atoms with E-state index in [9.17, 15) is 14.4 Å². The molecule has 0 saturated carbocycles. The molecule has 0 spiro atoms. The van der Waals surface area contributed by atoms with E-state index in [0.717, 1.165) is 5.56 Å². The van der Waals surface area contributed by atoms with Crippen LogP contribution in [-0.2, 0) is 16.0 Å². The molecule has 4 N–H and O–H groups in total. The van der Waals surface area contributed by atoms with E-state index in [1.165, 1.54) is 14.0 Å². The van der Waals surface area contributed by atoms with Crippen molar-refractivity contribution in [3.63, 3.8) is 0 Å². The van der Waals surface area contributed by atoms with E-state index in [2.05, 4.69) is 21.5 Å². The second kappa shape index (κ2) is 7.78. The zero-order valence-electron chi connectivity index (χ0n) is 11.4. The van der Waals surface area contributed by atoms with Crippen LogP contribution in [0.3, 0.4) is 0 Å². The van der Waals surface area contributed by atoms with Crippen LogP contribution >= 0.6 is 0 Å². The number of benzene rings is 1. The van der Waals surface area contributed by atoms with Crippen LogP contribution in [-0.4, -0.2) is 30.9 Å². The summed E-state index contributed by atoms with van der Waals surface area (Å²) in [7, 11) is 1.43. The summed E-state index contributed by atoms with van der Waals surface area (Å²) in [6.07, 6.45) is 0.335. The first-order valence-corrected chi connectivity index (χ1v) is 6.11. The van der Waals surface area contributed by atoms with Crippen molar-refractivity contribution in [1.82, 2.24) is 21.5 Å². The monoisotopic (exact) mass is 278 g/mol. The molecule has 4 amide bonds. The van der Waals surface area contributed by atoms with Crippen LogP contribution in [0.1, 0.15) is 12.5 Å². The van der Waals surface area contributed by atoms with Crippen LogP contribution in [0.2, 0.25) is 0 Å². The van der Waals surface area contributed by atoms with Crippen molar-refractivity contribution in [2.45, 2.75) is 19.4 Å². The lowest BCUT2D eigenvalue weighted by Gasteiger charge is -2.17. The van der Waals surface area contributed by atoms with E-state index in [-0.39, 0.29) is 5.91 Å². The first-order chi connectivity index (χ1) is 9.52. The van der Waals surface area contributed by atoms with Gasteiger partial charge in [0.15, 0.2) is 0 Å². The highest BCUT2D eigenvalue weighted by molar-refractivity contribution is 5.88. The zero-order valence-corrected chi connectivity index (χ0v) is 11.4. The van der Waals surface area contributed by atoms with Gasteiger partial charge in [0, 0.05) is 20.4 Å². The number of hydrogen-bond donors (Lipinski definition) is 4. The number of nitrogens with one attached hydrogen (secondary N) is 4. The Morgan fingerprint density at radius 2 is 1.75 bits per heavy atom. The van der Waals surface area contributed by atoms with Gasteiger partial charge in [-0.05, 0) is 5.56 Å². The van der Waals surface area contributed by atoms with Gasteiger partial charge in [-0.2, -0.15) is 0 Å². The lowest BCUT2D eigenvalue weighted by atomic mass is 10.1. The molecule has 7 heteroatoms. The van der Waals surface area contributed by atoms with E-state index in [1.54, 1.807) is 0 Å². The fraction of sp³-hybridized carbons (Fsp3) is 0.308. The van der Waals surface area contributed by atoms with Gasteiger partial charge < -0.3 is 10.6 Å². The zero-order chi connectivity index (χ0) is 15.0. The molecule has 0 fully saturated rings. The second-order valence-corrected chi connectivity index (χ2v) is 4.14. The Morgan fingerprint density at radius 3 is 2.30 bits per heavy atom. The Balaban J connectivity index is 2.66. The quantitative estimate of drug-likeness (QED) is 0.569. The maximum Gasteiger partial charge on any atom is 0.333 e. The number of hydrazine groups is 1. The fourth-order valence-electron chi connectivity index (χ4n) is 1.57. The van der Waals surface area contributed by atoms with Crippen molar-refractivity contribution in [1.29, 1.82) is 0 Å². The van der Waals surface area contributed by atoms with Gasteiger partial charge >= 0.3 is 6.03 Å². The Kier molecular flexibility index (Phi) is 6.02. The summed E-state index contributed by atoms with van der Waals surface area (Å²) >= 11 is 0. The van der Waals surface area contributed by atoms with Crippen LogP contribution < -0.4 is 21.5 Å². The van der Waals surface area contributed by atoms with Crippen LogP contribution in [0.4, 0.5) is 4.79 Å². The SMILES string of the molecule is CNC(=O)NNC(=O)C(Cc1ccccc1)NC(C)=O. The Hall–Kier alpha value is -2.57. The maximum atomic E-state index is 11.9. The van der Waals surface area contributed by atoms with E-state index >= 15 is 0 Å². The summed E-state index contributed by atoms with van der Waals surface area (Å²) in [5, 5.41) is 4.84. The van der Waals surface area contributed by atoms with Crippen molar-refractivity contribution in [3.8, 4) is 0 Å². The molecule has 0 aliphatic carbocycles. The van der Waals surface area contributed by atoms with Crippen molar-refractivity contribution in [3.05, 3.63) is 35.9 Å². The van der Waals surface area contributed by atoms with Crippen LogP contribution in [0, 0.1) is 0 Å². The maximum absolute atomic E-state index is 11.9. The summed E-state index contributed by atoms with van der Waals surface area (Å²) in [5.41, 5.74) is 5.32. The molecule has 0 aromatic heterocycles. The van der Waals surface area contributed by atoms with E-state index in [4.69, 9.17) is 0 Å². The molecule has 0 aliphatic heterocycles. The van der Waals surface area contributed by atoms with Crippen LogP contribution in [0.5, 0.6) is 0 Å². The third-order valence-corrected chi connectivity index (χ3v) is 2.50. The minimum Gasteiger partial charge on any atom is -0.344 e. The molecule has 1 unspecified atom stereocenters. The Bertz CT molecular complexity index is 476. The molecule has 108 valence electrons. The topological polar surface area (TPSA) is 99.3 Å². The molecule has 0 bridgehead atoms. The van der Waals surface area contributed by atoms with Gasteiger partial charge in [0.05, 0.1) is 0 Å². The van der Waals surface area contributed by atoms with Gasteiger partial charge in [-0.3, -0.25) is 15.0 Å². The van der Waals surface area contributed by atoms with Crippen molar-refractivity contribution >= 4 is 17.8 Å². The molecular formula is C13H18N4O3. The van der Waals surface area contributed by atoms with Crippen LogP contribution in [0.25, 0.3) is 0 Å². The molecule has 1 atom stereocenters. The molecule has 0 aliphatic rings. The Morgan fingerprint density at radius 1 is 1.10 bits per heavy atom. The predicted molar refractivity (Wildman–Crippen MR) is 73.5 cm³/mol. The van der Waals surface area contributed by atoms with Gasteiger partial charge in [-0.15, -0.1) is 0 Å². The van der Waals surface area contributed by atoms with E-state index < -0.39 is 18.0 Å². The van der Waals surface area contributed by atoms with Crippen LogP contribution in [0.15, 0.2) is 30.3 Å². The number of carbonyl (C=O) groups is 3. The van der Waals surface area contributed by atoms with Crippen molar-refractivity contribution in [2.24, 2.45) is 0 Å². The Labute approximate surface area is 117 Å². The molecule has 20 heavy (non-hydrogen) atoms. The highest BCUT2D eigenvalue weighted by Crippen LogP contribution is 2.03. The highest BCUT2D eigenvalue weighted by Gasteiger charge is 2.20. The minimum absolute atomic E-state index is 0.318. The average Bonchev–Trinajstić information content (AvgIpc) is 2.44. The van der Waals surface area contributed by atoms with Crippen molar-refractivity contribution < 1.29 is 14.4 Å². The van der Waals surface area contributed by atoms with Crippen molar-refractivity contribution in [2.75, 3.05) is 7.05 Å². The van der Waals surface area contributed by atoms with Gasteiger partial charge in [0.2, 0.25) is 5.91 Å². The molecule has 1 rings (SSSR count). The standard InChI is InChI=1S/C13H18N4O3/c1-9(18)15-11(8-10-6-4-3-5-7-10)12(19)16-17-13(20)14-2/h3-7,11H,8H2,1-2H3,(H,15,18)(H,16,19)(H2,14,17,20). The van der Waals surface area contributed by atoms with Gasteiger partial charge in [-0.1, -0.05) is 30.3 Å². The number of hydrogen-bond acceptors (Lipinski definition) is 3. The fourth-order valence-corrected chi connectivity index (χ4v) is 1.57. The lowest BCUT2D eigenvalue weighted by molar-refractivity contribution is -0.128. The highest BCUT2D eigenvalue weighted by atomic mass is 16.2. The largest absolute Gasteiger partial charge is 0.344 e. The minimum atomic E-state index is -0.757. The number of urea groups is 1. The number of amides is 4. The summed E-state index contributed by atoms with van der Waals surface area (Å²) in [6.45, 7) is 1.33. The second-order valence-electron chi connectivity index (χ2n) is 4.14. The third kappa shape index (κ3) is 5.38. The first kappa shape index (κ1) is 15.5.